The summed E-state index contributed by atoms with van der Waals surface area (Å²) < 4.78 is 2.39. The van der Waals surface area contributed by atoms with Crippen molar-refractivity contribution in [3.05, 3.63) is 231 Å². The molecule has 0 amide bonds. The maximum atomic E-state index is 2.47. The van der Waals surface area contributed by atoms with Gasteiger partial charge in [-0.1, -0.05) is 182 Å². The maximum absolute atomic E-state index is 2.47. The first-order chi connectivity index (χ1) is 28.8. The van der Waals surface area contributed by atoms with Crippen LogP contribution in [0, 0.1) is 0 Å². The minimum Gasteiger partial charge on any atom is -0.309 e. The molecule has 0 aliphatic rings. The number of hydrogen-bond donors (Lipinski definition) is 0. The Kier molecular flexibility index (Phi) is 8.19. The van der Waals surface area contributed by atoms with Gasteiger partial charge in [-0.25, -0.2) is 0 Å². The van der Waals surface area contributed by atoms with Crippen LogP contribution in [0.1, 0.15) is 0 Å². The minimum absolute atomic E-state index is 1.09. The fourth-order valence-corrected chi connectivity index (χ4v) is 9.06. The molecule has 1 heterocycles. The zero-order chi connectivity index (χ0) is 38.4. The summed E-state index contributed by atoms with van der Waals surface area (Å²) in [5.41, 5.74) is 14.1. The molecule has 0 spiro atoms. The van der Waals surface area contributed by atoms with Crippen LogP contribution in [0.25, 0.3) is 82.4 Å². The smallest absolute Gasteiger partial charge is 0.0547 e. The van der Waals surface area contributed by atoms with Gasteiger partial charge in [-0.15, -0.1) is 0 Å². The first-order valence-corrected chi connectivity index (χ1v) is 19.9. The lowest BCUT2D eigenvalue weighted by atomic mass is 9.90. The van der Waals surface area contributed by atoms with Gasteiger partial charge < -0.3 is 9.47 Å². The summed E-state index contributed by atoms with van der Waals surface area (Å²) in [4.78, 5) is 2.47. The van der Waals surface area contributed by atoms with E-state index in [-0.39, 0.29) is 0 Å². The molecule has 0 saturated heterocycles. The maximum Gasteiger partial charge on any atom is 0.0547 e. The molecule has 272 valence electrons. The highest BCUT2D eigenvalue weighted by molar-refractivity contribution is 6.16. The molecule has 0 aliphatic heterocycles. The molecule has 0 bridgehead atoms. The fraction of sp³-hybridized carbons (Fsp3) is 0. The molecular formula is C56H38N2. The molecule has 58 heavy (non-hydrogen) atoms. The molecule has 11 rings (SSSR count). The molecule has 0 unspecified atom stereocenters. The zero-order valence-electron chi connectivity index (χ0n) is 31.8. The van der Waals surface area contributed by atoms with Crippen LogP contribution in [0.2, 0.25) is 0 Å². The first kappa shape index (κ1) is 33.6. The Bertz CT molecular complexity index is 3280. The third-order valence-electron chi connectivity index (χ3n) is 11.6. The normalized spacial score (nSPS) is 11.4. The average molecular weight is 739 g/mol. The topological polar surface area (TPSA) is 8.17 Å². The number of benzene rings is 10. The summed E-state index contributed by atoms with van der Waals surface area (Å²) in [7, 11) is 0. The van der Waals surface area contributed by atoms with Crippen molar-refractivity contribution in [2.45, 2.75) is 0 Å². The van der Waals surface area contributed by atoms with E-state index in [9.17, 15) is 0 Å². The lowest BCUT2D eigenvalue weighted by molar-refractivity contribution is 1.18. The predicted molar refractivity (Wildman–Crippen MR) is 247 cm³/mol. The SMILES string of the molecule is c1ccc(-c2cccc3cccc(-c4ccccc4N(c4cccc(-c5cccc6c5c5ccccc5n6-c5ccccc5)c4)c4cccc5ccccc45)c23)cc1. The zero-order valence-corrected chi connectivity index (χ0v) is 31.8. The van der Waals surface area contributed by atoms with E-state index in [1.165, 1.54) is 76.7 Å². The quantitative estimate of drug-likeness (QED) is 0.158. The van der Waals surface area contributed by atoms with E-state index in [1.807, 2.05) is 0 Å². The summed E-state index contributed by atoms with van der Waals surface area (Å²) in [5.74, 6) is 0. The lowest BCUT2D eigenvalue weighted by Gasteiger charge is -2.30. The van der Waals surface area contributed by atoms with Crippen LogP contribution in [0.4, 0.5) is 17.1 Å². The van der Waals surface area contributed by atoms with Crippen LogP contribution >= 0.6 is 0 Å². The number of aromatic nitrogens is 1. The third-order valence-corrected chi connectivity index (χ3v) is 11.6. The Labute approximate surface area is 338 Å². The van der Waals surface area contributed by atoms with E-state index in [2.05, 4.69) is 240 Å². The second-order valence-corrected chi connectivity index (χ2v) is 14.9. The minimum atomic E-state index is 1.09. The van der Waals surface area contributed by atoms with Gasteiger partial charge in [0.15, 0.2) is 0 Å². The molecule has 0 aliphatic carbocycles. The molecule has 1 aromatic heterocycles. The monoisotopic (exact) mass is 738 g/mol. The van der Waals surface area contributed by atoms with Crippen LogP contribution in [0.5, 0.6) is 0 Å². The fourth-order valence-electron chi connectivity index (χ4n) is 9.06. The lowest BCUT2D eigenvalue weighted by Crippen LogP contribution is -2.12. The standard InChI is InChI=1S/C56H38N2/c1-3-18-40(19-4-1)46-31-14-22-41-23-15-33-49(55(41)46)48-29-9-11-34-52(48)58(51-36-16-21-39-20-7-8-28-45(39)51)44-27-13-24-42(38-44)47-32-17-37-54-56(47)50-30-10-12-35-53(50)57(54)43-25-5-2-6-26-43/h1-38H. The van der Waals surface area contributed by atoms with E-state index in [0.29, 0.717) is 0 Å². The van der Waals surface area contributed by atoms with Gasteiger partial charge in [0.05, 0.1) is 22.4 Å². The molecular weight excluding hydrogens is 701 g/mol. The van der Waals surface area contributed by atoms with Crippen LogP contribution in [-0.4, -0.2) is 4.57 Å². The van der Waals surface area contributed by atoms with Gasteiger partial charge in [-0.3, -0.25) is 0 Å². The molecule has 0 fully saturated rings. The van der Waals surface area contributed by atoms with Gasteiger partial charge in [0.1, 0.15) is 0 Å². The van der Waals surface area contributed by atoms with Gasteiger partial charge in [0.25, 0.3) is 0 Å². The van der Waals surface area contributed by atoms with Crippen molar-refractivity contribution in [2.24, 2.45) is 0 Å². The molecule has 2 heteroatoms. The average Bonchev–Trinajstić information content (AvgIpc) is 3.64. The van der Waals surface area contributed by atoms with Crippen molar-refractivity contribution < 1.29 is 0 Å². The van der Waals surface area contributed by atoms with E-state index in [1.54, 1.807) is 0 Å². The number of para-hydroxylation sites is 3. The van der Waals surface area contributed by atoms with E-state index in [4.69, 9.17) is 0 Å². The summed E-state index contributed by atoms with van der Waals surface area (Å²) in [6.07, 6.45) is 0. The van der Waals surface area contributed by atoms with Gasteiger partial charge in [0, 0.05) is 33.1 Å². The molecule has 0 atom stereocenters. The van der Waals surface area contributed by atoms with Crippen molar-refractivity contribution in [3.63, 3.8) is 0 Å². The number of anilines is 3. The predicted octanol–water partition coefficient (Wildman–Crippen LogP) is 15.6. The Morgan fingerprint density at radius 2 is 0.845 bits per heavy atom. The highest BCUT2D eigenvalue weighted by Gasteiger charge is 2.22. The van der Waals surface area contributed by atoms with Crippen molar-refractivity contribution >= 4 is 60.4 Å². The van der Waals surface area contributed by atoms with E-state index < -0.39 is 0 Å². The summed E-state index contributed by atoms with van der Waals surface area (Å²) >= 11 is 0. The number of rotatable bonds is 7. The van der Waals surface area contributed by atoms with Crippen LogP contribution in [0.3, 0.4) is 0 Å². The molecule has 0 radical (unpaired) electrons. The third kappa shape index (κ3) is 5.57. The van der Waals surface area contributed by atoms with Gasteiger partial charge in [-0.05, 0) is 92.5 Å². The van der Waals surface area contributed by atoms with Gasteiger partial charge in [0.2, 0.25) is 0 Å². The summed E-state index contributed by atoms with van der Waals surface area (Å²) in [5, 5.41) is 7.35. The second kappa shape index (κ2) is 14.1. The first-order valence-electron chi connectivity index (χ1n) is 19.9. The van der Waals surface area contributed by atoms with E-state index >= 15 is 0 Å². The Hall–Kier alpha value is -7.68. The molecule has 10 aromatic carbocycles. The van der Waals surface area contributed by atoms with E-state index in [0.717, 1.165) is 22.7 Å². The van der Waals surface area contributed by atoms with Crippen molar-refractivity contribution in [3.8, 4) is 39.1 Å². The molecule has 11 aromatic rings. The largest absolute Gasteiger partial charge is 0.309 e. The van der Waals surface area contributed by atoms with Gasteiger partial charge >= 0.3 is 0 Å². The molecule has 0 saturated carbocycles. The molecule has 2 nitrogen and oxygen atoms in total. The van der Waals surface area contributed by atoms with Crippen molar-refractivity contribution in [1.29, 1.82) is 0 Å². The van der Waals surface area contributed by atoms with Crippen molar-refractivity contribution in [1.82, 2.24) is 4.57 Å². The van der Waals surface area contributed by atoms with Crippen molar-refractivity contribution in [2.75, 3.05) is 4.90 Å². The molecule has 0 N–H and O–H groups in total. The number of nitrogens with zero attached hydrogens (tertiary/aromatic N) is 2. The highest BCUT2D eigenvalue weighted by Crippen LogP contribution is 2.47. The van der Waals surface area contributed by atoms with Crippen LogP contribution in [0.15, 0.2) is 231 Å². The number of fused-ring (bicyclic) bond motifs is 5. The Morgan fingerprint density at radius 3 is 1.69 bits per heavy atom. The highest BCUT2D eigenvalue weighted by atomic mass is 15.1. The van der Waals surface area contributed by atoms with Crippen LogP contribution in [-0.2, 0) is 0 Å². The van der Waals surface area contributed by atoms with Gasteiger partial charge in [-0.2, -0.15) is 0 Å². The Morgan fingerprint density at radius 1 is 0.310 bits per heavy atom. The number of hydrogen-bond acceptors (Lipinski definition) is 1. The summed E-state index contributed by atoms with van der Waals surface area (Å²) in [6, 6.07) is 83.7. The Balaban J connectivity index is 1.16. The summed E-state index contributed by atoms with van der Waals surface area (Å²) in [6.45, 7) is 0. The second-order valence-electron chi connectivity index (χ2n) is 14.9. The van der Waals surface area contributed by atoms with Crippen LogP contribution < -0.4 is 4.90 Å².